The largest absolute Gasteiger partial charge is 0.460 e. The van der Waals surface area contributed by atoms with Crippen molar-refractivity contribution in [3.05, 3.63) is 0 Å². The van der Waals surface area contributed by atoms with Crippen LogP contribution in [0, 0.1) is 5.92 Å². The van der Waals surface area contributed by atoms with Gasteiger partial charge in [0.1, 0.15) is 11.2 Å². The van der Waals surface area contributed by atoms with Gasteiger partial charge in [0, 0.05) is 6.42 Å². The molecule has 0 rings (SSSR count). The molecular weight excluding hydrogens is 232 g/mol. The number of ether oxygens (including phenoxy) is 2. The first-order chi connectivity index (χ1) is 7.91. The predicted molar refractivity (Wildman–Crippen MR) is 70.1 cm³/mol. The van der Waals surface area contributed by atoms with Crippen LogP contribution >= 0.6 is 0 Å². The molecular formula is C14H26O4. The quantitative estimate of drug-likeness (QED) is 0.727. The fourth-order valence-corrected chi connectivity index (χ4v) is 1.25. The van der Waals surface area contributed by atoms with Crippen molar-refractivity contribution in [2.45, 2.75) is 72.5 Å². The lowest BCUT2D eigenvalue weighted by atomic mass is 10.1. The van der Waals surface area contributed by atoms with Gasteiger partial charge in [0.15, 0.2) is 0 Å². The van der Waals surface area contributed by atoms with Crippen LogP contribution in [0.3, 0.4) is 0 Å². The van der Waals surface area contributed by atoms with E-state index in [0.29, 0.717) is 6.42 Å². The Labute approximate surface area is 110 Å². The first-order valence-corrected chi connectivity index (χ1v) is 6.35. The highest BCUT2D eigenvalue weighted by molar-refractivity contribution is 5.74. The van der Waals surface area contributed by atoms with Crippen molar-refractivity contribution in [3.63, 3.8) is 0 Å². The van der Waals surface area contributed by atoms with Crippen LogP contribution < -0.4 is 0 Å². The highest BCUT2D eigenvalue weighted by atomic mass is 16.6. The molecule has 1 atom stereocenters. The van der Waals surface area contributed by atoms with Crippen LogP contribution in [0.15, 0.2) is 0 Å². The predicted octanol–water partition coefficient (Wildman–Crippen LogP) is 3.09. The molecule has 0 aliphatic heterocycles. The smallest absolute Gasteiger partial charge is 0.309 e. The summed E-state index contributed by atoms with van der Waals surface area (Å²) in [5.41, 5.74) is -0.969. The van der Waals surface area contributed by atoms with E-state index in [-0.39, 0.29) is 24.3 Å². The van der Waals surface area contributed by atoms with E-state index in [1.165, 1.54) is 0 Å². The molecule has 0 amide bonds. The number of esters is 2. The SMILES string of the molecule is CC(CCC(=O)OC(C)(C)C)C(=O)OC(C)(C)C. The Morgan fingerprint density at radius 2 is 1.39 bits per heavy atom. The summed E-state index contributed by atoms with van der Waals surface area (Å²) < 4.78 is 10.4. The maximum absolute atomic E-state index is 11.7. The molecule has 4 nitrogen and oxygen atoms in total. The van der Waals surface area contributed by atoms with Crippen molar-refractivity contribution in [1.82, 2.24) is 0 Å². The molecule has 4 heteroatoms. The second-order valence-electron chi connectivity index (χ2n) is 6.56. The third kappa shape index (κ3) is 9.02. The zero-order chi connectivity index (χ0) is 14.6. The number of carbonyl (C=O) groups is 2. The minimum Gasteiger partial charge on any atom is -0.460 e. The third-order valence-electron chi connectivity index (χ3n) is 2.01. The highest BCUT2D eigenvalue weighted by Gasteiger charge is 2.23. The van der Waals surface area contributed by atoms with Crippen molar-refractivity contribution >= 4 is 11.9 Å². The van der Waals surface area contributed by atoms with E-state index in [1.54, 1.807) is 6.92 Å². The molecule has 0 aromatic carbocycles. The van der Waals surface area contributed by atoms with Gasteiger partial charge in [-0.15, -0.1) is 0 Å². The summed E-state index contributed by atoms with van der Waals surface area (Å²) in [6.07, 6.45) is 0.682. The third-order valence-corrected chi connectivity index (χ3v) is 2.01. The summed E-state index contributed by atoms with van der Waals surface area (Å²) in [4.78, 5) is 23.2. The van der Waals surface area contributed by atoms with Gasteiger partial charge in [0.05, 0.1) is 5.92 Å². The summed E-state index contributed by atoms with van der Waals surface area (Å²) in [6.45, 7) is 12.7. The van der Waals surface area contributed by atoms with Gasteiger partial charge in [-0.2, -0.15) is 0 Å². The van der Waals surface area contributed by atoms with Crippen molar-refractivity contribution < 1.29 is 19.1 Å². The monoisotopic (exact) mass is 258 g/mol. The topological polar surface area (TPSA) is 52.6 Å². The van der Waals surface area contributed by atoms with Crippen molar-refractivity contribution in [2.75, 3.05) is 0 Å². The number of hydrogen-bond donors (Lipinski definition) is 0. The molecule has 1 unspecified atom stereocenters. The van der Waals surface area contributed by atoms with E-state index in [9.17, 15) is 9.59 Å². The molecule has 106 valence electrons. The summed E-state index contributed by atoms with van der Waals surface area (Å²) in [5, 5.41) is 0. The normalized spacial score (nSPS) is 13.9. The summed E-state index contributed by atoms with van der Waals surface area (Å²) in [6, 6.07) is 0. The lowest BCUT2D eigenvalue weighted by Crippen LogP contribution is -2.28. The Hall–Kier alpha value is -1.06. The van der Waals surface area contributed by atoms with Crippen LogP contribution in [-0.2, 0) is 19.1 Å². The van der Waals surface area contributed by atoms with Crippen LogP contribution in [0.1, 0.15) is 61.3 Å². The van der Waals surface area contributed by atoms with Gasteiger partial charge in [-0.25, -0.2) is 0 Å². The lowest BCUT2D eigenvalue weighted by Gasteiger charge is -2.23. The van der Waals surface area contributed by atoms with Gasteiger partial charge in [-0.3, -0.25) is 9.59 Å². The highest BCUT2D eigenvalue weighted by Crippen LogP contribution is 2.16. The van der Waals surface area contributed by atoms with E-state index < -0.39 is 11.2 Å². The molecule has 18 heavy (non-hydrogen) atoms. The van der Waals surface area contributed by atoms with Crippen LogP contribution in [0.5, 0.6) is 0 Å². The van der Waals surface area contributed by atoms with Crippen molar-refractivity contribution in [1.29, 1.82) is 0 Å². The van der Waals surface area contributed by atoms with Gasteiger partial charge in [0.2, 0.25) is 0 Å². The standard InChI is InChI=1S/C14H26O4/c1-10(12(16)18-14(5,6)7)8-9-11(15)17-13(2,3)4/h10H,8-9H2,1-7H3. The Morgan fingerprint density at radius 1 is 0.944 bits per heavy atom. The Kier molecular flexibility index (Phi) is 5.84. The summed E-state index contributed by atoms with van der Waals surface area (Å²) in [5.74, 6) is -0.847. The summed E-state index contributed by atoms with van der Waals surface area (Å²) in [7, 11) is 0. The van der Waals surface area contributed by atoms with E-state index in [2.05, 4.69) is 0 Å². The van der Waals surface area contributed by atoms with E-state index in [4.69, 9.17) is 9.47 Å². The second kappa shape index (κ2) is 6.21. The molecule has 0 aromatic heterocycles. The second-order valence-corrected chi connectivity index (χ2v) is 6.56. The van der Waals surface area contributed by atoms with Crippen LogP contribution in [0.4, 0.5) is 0 Å². The number of carbonyl (C=O) groups excluding carboxylic acids is 2. The lowest BCUT2D eigenvalue weighted by molar-refractivity contribution is -0.160. The molecule has 0 radical (unpaired) electrons. The van der Waals surface area contributed by atoms with Gasteiger partial charge in [0.25, 0.3) is 0 Å². The van der Waals surface area contributed by atoms with Crippen molar-refractivity contribution in [2.24, 2.45) is 5.92 Å². The zero-order valence-electron chi connectivity index (χ0n) is 12.6. The van der Waals surface area contributed by atoms with E-state index in [0.717, 1.165) is 0 Å². The average Bonchev–Trinajstić information content (AvgIpc) is 2.08. The molecule has 0 bridgehead atoms. The van der Waals surface area contributed by atoms with Crippen molar-refractivity contribution in [3.8, 4) is 0 Å². The van der Waals surface area contributed by atoms with Gasteiger partial charge >= 0.3 is 11.9 Å². The molecule has 0 fully saturated rings. The molecule has 0 spiro atoms. The van der Waals surface area contributed by atoms with E-state index >= 15 is 0 Å². The van der Waals surface area contributed by atoms with Crippen LogP contribution in [-0.4, -0.2) is 23.1 Å². The van der Waals surface area contributed by atoms with Crippen LogP contribution in [0.25, 0.3) is 0 Å². The first kappa shape index (κ1) is 16.9. The first-order valence-electron chi connectivity index (χ1n) is 6.35. The van der Waals surface area contributed by atoms with Crippen LogP contribution in [0.2, 0.25) is 0 Å². The molecule has 0 N–H and O–H groups in total. The van der Waals surface area contributed by atoms with Gasteiger partial charge in [-0.1, -0.05) is 6.92 Å². The zero-order valence-corrected chi connectivity index (χ0v) is 12.6. The fourth-order valence-electron chi connectivity index (χ4n) is 1.25. The number of rotatable bonds is 4. The molecule has 0 aliphatic rings. The Balaban J connectivity index is 4.07. The molecule has 0 saturated heterocycles. The van der Waals surface area contributed by atoms with Gasteiger partial charge in [-0.05, 0) is 48.0 Å². The average molecular weight is 258 g/mol. The van der Waals surface area contributed by atoms with E-state index in [1.807, 2.05) is 41.5 Å². The molecule has 0 saturated carbocycles. The number of hydrogen-bond acceptors (Lipinski definition) is 4. The minimum atomic E-state index is -0.489. The fraction of sp³-hybridized carbons (Fsp3) is 0.857. The molecule has 0 aromatic rings. The maximum atomic E-state index is 11.7. The maximum Gasteiger partial charge on any atom is 0.309 e. The Morgan fingerprint density at radius 3 is 1.78 bits per heavy atom. The Bertz CT molecular complexity index is 294. The van der Waals surface area contributed by atoms with Gasteiger partial charge < -0.3 is 9.47 Å². The molecule has 0 heterocycles. The minimum absolute atomic E-state index is 0.234. The summed E-state index contributed by atoms with van der Waals surface area (Å²) >= 11 is 0. The molecule has 0 aliphatic carbocycles.